The molecule has 1 saturated heterocycles. The number of nitriles is 1. The van der Waals surface area contributed by atoms with Crippen molar-refractivity contribution in [3.8, 4) is 6.07 Å². The average molecular weight is 258 g/mol. The molecule has 0 N–H and O–H groups in total. The quantitative estimate of drug-likeness (QED) is 0.812. The third kappa shape index (κ3) is 2.37. The van der Waals surface area contributed by atoms with Crippen molar-refractivity contribution in [2.75, 3.05) is 6.54 Å². The maximum absolute atomic E-state index is 14.1. The number of benzene rings is 1. The van der Waals surface area contributed by atoms with Gasteiger partial charge in [-0.3, -0.25) is 4.90 Å². The molecule has 1 heterocycles. The first kappa shape index (κ1) is 12.6. The van der Waals surface area contributed by atoms with Crippen LogP contribution in [0, 0.1) is 23.1 Å². The van der Waals surface area contributed by atoms with Gasteiger partial charge in [-0.1, -0.05) is 25.0 Å². The number of halogens is 1. The number of hydrogen-bond acceptors (Lipinski definition) is 2. The van der Waals surface area contributed by atoms with Crippen molar-refractivity contribution >= 4 is 0 Å². The molecule has 2 nitrogen and oxygen atoms in total. The minimum atomic E-state index is -0.329. The van der Waals surface area contributed by atoms with Crippen LogP contribution >= 0.6 is 0 Å². The van der Waals surface area contributed by atoms with Crippen molar-refractivity contribution in [2.45, 2.75) is 44.7 Å². The van der Waals surface area contributed by atoms with Gasteiger partial charge in [-0.25, -0.2) is 4.39 Å². The van der Waals surface area contributed by atoms with Crippen molar-refractivity contribution in [1.29, 1.82) is 5.26 Å². The summed E-state index contributed by atoms with van der Waals surface area (Å²) in [6.45, 7) is 1.73. The first-order valence-corrected chi connectivity index (χ1v) is 7.21. The Kier molecular flexibility index (Phi) is 3.52. The lowest BCUT2D eigenvalue weighted by molar-refractivity contribution is 0.174. The maximum Gasteiger partial charge on any atom is 0.145 e. The second-order valence-electron chi connectivity index (χ2n) is 5.76. The Labute approximate surface area is 113 Å². The van der Waals surface area contributed by atoms with Gasteiger partial charge in [0.1, 0.15) is 11.9 Å². The summed E-state index contributed by atoms with van der Waals surface area (Å²) in [5, 5.41) is 8.89. The van der Waals surface area contributed by atoms with E-state index in [1.54, 1.807) is 12.1 Å². The Morgan fingerprint density at radius 3 is 2.95 bits per heavy atom. The molecule has 2 unspecified atom stereocenters. The van der Waals surface area contributed by atoms with Crippen LogP contribution in [0.25, 0.3) is 0 Å². The average Bonchev–Trinajstić information content (AvgIpc) is 2.85. The van der Waals surface area contributed by atoms with Gasteiger partial charge in [0.25, 0.3) is 0 Å². The van der Waals surface area contributed by atoms with Crippen LogP contribution in [0.15, 0.2) is 18.2 Å². The van der Waals surface area contributed by atoms with Crippen LogP contribution in [0.2, 0.25) is 0 Å². The van der Waals surface area contributed by atoms with Crippen LogP contribution in [-0.4, -0.2) is 17.5 Å². The lowest BCUT2D eigenvalue weighted by Crippen LogP contribution is -2.34. The summed E-state index contributed by atoms with van der Waals surface area (Å²) < 4.78 is 14.1. The van der Waals surface area contributed by atoms with Crippen LogP contribution in [0.1, 0.15) is 43.2 Å². The van der Waals surface area contributed by atoms with E-state index in [0.29, 0.717) is 18.2 Å². The van der Waals surface area contributed by atoms with E-state index in [1.165, 1.54) is 32.1 Å². The minimum absolute atomic E-state index is 0.164. The molecule has 1 aromatic rings. The van der Waals surface area contributed by atoms with Gasteiger partial charge < -0.3 is 0 Å². The van der Waals surface area contributed by atoms with Crippen molar-refractivity contribution in [3.05, 3.63) is 35.1 Å². The molecule has 2 atom stereocenters. The lowest BCUT2D eigenvalue weighted by Gasteiger charge is -2.31. The fourth-order valence-electron chi connectivity index (χ4n) is 3.71. The molecule has 100 valence electrons. The Morgan fingerprint density at radius 2 is 2.11 bits per heavy atom. The molecule has 1 aliphatic carbocycles. The van der Waals surface area contributed by atoms with Crippen molar-refractivity contribution in [3.63, 3.8) is 0 Å². The Bertz CT molecular complexity index is 506. The first-order valence-electron chi connectivity index (χ1n) is 7.21. The van der Waals surface area contributed by atoms with Crippen LogP contribution < -0.4 is 0 Å². The zero-order valence-corrected chi connectivity index (χ0v) is 11.1. The standard InChI is InChI=1S/C16H19FN2/c17-16-13(10-18)5-3-6-14(16)11-19-9-8-12-4-1-2-7-15(12)19/h3,5-6,12,15H,1-2,4,7-9,11H2. The van der Waals surface area contributed by atoms with Crippen LogP contribution in [0.3, 0.4) is 0 Å². The van der Waals surface area contributed by atoms with E-state index < -0.39 is 0 Å². The highest BCUT2D eigenvalue weighted by Gasteiger charge is 2.35. The first-order chi connectivity index (χ1) is 9.29. The summed E-state index contributed by atoms with van der Waals surface area (Å²) in [6, 6.07) is 7.70. The molecule has 0 radical (unpaired) electrons. The molecule has 1 aromatic carbocycles. The molecule has 19 heavy (non-hydrogen) atoms. The topological polar surface area (TPSA) is 27.0 Å². The molecule has 0 aromatic heterocycles. The summed E-state index contributed by atoms with van der Waals surface area (Å²) in [6.07, 6.45) is 6.50. The lowest BCUT2D eigenvalue weighted by atomic mass is 9.85. The zero-order valence-electron chi connectivity index (χ0n) is 11.1. The smallest absolute Gasteiger partial charge is 0.145 e. The summed E-state index contributed by atoms with van der Waals surface area (Å²) in [7, 11) is 0. The molecule has 0 amide bonds. The fourth-order valence-corrected chi connectivity index (χ4v) is 3.71. The van der Waals surface area contributed by atoms with Gasteiger partial charge in [-0.15, -0.1) is 0 Å². The third-order valence-corrected chi connectivity index (χ3v) is 4.70. The summed E-state index contributed by atoms with van der Waals surface area (Å²) >= 11 is 0. The predicted molar refractivity (Wildman–Crippen MR) is 71.9 cm³/mol. The second kappa shape index (κ2) is 5.30. The Morgan fingerprint density at radius 1 is 1.26 bits per heavy atom. The van der Waals surface area contributed by atoms with Crippen LogP contribution in [0.5, 0.6) is 0 Å². The van der Waals surface area contributed by atoms with Crippen LogP contribution in [-0.2, 0) is 6.54 Å². The van der Waals surface area contributed by atoms with E-state index in [1.807, 2.05) is 12.1 Å². The van der Waals surface area contributed by atoms with Gasteiger partial charge in [-0.2, -0.15) is 5.26 Å². The van der Waals surface area contributed by atoms with E-state index in [-0.39, 0.29) is 11.4 Å². The minimum Gasteiger partial charge on any atom is -0.296 e. The summed E-state index contributed by atoms with van der Waals surface area (Å²) in [5.74, 6) is 0.486. The van der Waals surface area contributed by atoms with E-state index in [4.69, 9.17) is 5.26 Å². The highest BCUT2D eigenvalue weighted by molar-refractivity contribution is 5.35. The molecule has 3 heteroatoms. The van der Waals surface area contributed by atoms with Gasteiger partial charge in [0.05, 0.1) is 5.56 Å². The Hall–Kier alpha value is -1.40. The molecule has 1 aliphatic heterocycles. The van der Waals surface area contributed by atoms with Gasteiger partial charge in [0, 0.05) is 18.2 Å². The number of fused-ring (bicyclic) bond motifs is 1. The molecule has 2 aliphatic rings. The summed E-state index contributed by atoms with van der Waals surface area (Å²) in [4.78, 5) is 2.42. The largest absolute Gasteiger partial charge is 0.296 e. The SMILES string of the molecule is N#Cc1cccc(CN2CCC3CCCCC32)c1F. The van der Waals surface area contributed by atoms with E-state index >= 15 is 0 Å². The normalized spacial score (nSPS) is 26.9. The highest BCUT2D eigenvalue weighted by Crippen LogP contribution is 2.37. The summed E-state index contributed by atoms with van der Waals surface area (Å²) in [5.41, 5.74) is 0.835. The maximum atomic E-state index is 14.1. The molecule has 0 bridgehead atoms. The number of rotatable bonds is 2. The second-order valence-corrected chi connectivity index (χ2v) is 5.76. The van der Waals surface area contributed by atoms with Gasteiger partial charge >= 0.3 is 0 Å². The molecular weight excluding hydrogens is 239 g/mol. The molecular formula is C16H19FN2. The van der Waals surface area contributed by atoms with Crippen LogP contribution in [0.4, 0.5) is 4.39 Å². The van der Waals surface area contributed by atoms with Gasteiger partial charge in [0.2, 0.25) is 0 Å². The monoisotopic (exact) mass is 258 g/mol. The van der Waals surface area contributed by atoms with Gasteiger partial charge in [0.15, 0.2) is 0 Å². The van der Waals surface area contributed by atoms with E-state index in [2.05, 4.69) is 4.90 Å². The van der Waals surface area contributed by atoms with Gasteiger partial charge in [-0.05, 0) is 37.8 Å². The van der Waals surface area contributed by atoms with E-state index in [0.717, 1.165) is 12.5 Å². The third-order valence-electron chi connectivity index (χ3n) is 4.70. The molecule has 2 fully saturated rings. The van der Waals surface area contributed by atoms with Crippen molar-refractivity contribution < 1.29 is 4.39 Å². The highest BCUT2D eigenvalue weighted by atomic mass is 19.1. The van der Waals surface area contributed by atoms with Crippen molar-refractivity contribution in [2.24, 2.45) is 5.92 Å². The predicted octanol–water partition coefficient (Wildman–Crippen LogP) is 3.46. The molecule has 3 rings (SSSR count). The zero-order chi connectivity index (χ0) is 13.2. The number of nitrogens with zero attached hydrogens (tertiary/aromatic N) is 2. The molecule has 1 saturated carbocycles. The van der Waals surface area contributed by atoms with Crippen molar-refractivity contribution in [1.82, 2.24) is 4.90 Å². The fraction of sp³-hybridized carbons (Fsp3) is 0.562. The van der Waals surface area contributed by atoms with E-state index in [9.17, 15) is 4.39 Å². The number of hydrogen-bond donors (Lipinski definition) is 0. The molecule has 0 spiro atoms. The Balaban J connectivity index is 1.77. The number of likely N-dealkylation sites (tertiary alicyclic amines) is 1.